The molecule has 0 heterocycles. The van der Waals surface area contributed by atoms with E-state index in [1.165, 1.54) is 44.6 Å². The maximum Gasteiger partial charge on any atom is 0.272 e. The lowest BCUT2D eigenvalue weighted by atomic mass is 10.1. The topological polar surface area (TPSA) is 121 Å². The summed E-state index contributed by atoms with van der Waals surface area (Å²) in [7, 11) is 0. The molecule has 0 saturated heterocycles. The Kier molecular flexibility index (Phi) is 10.2. The third kappa shape index (κ3) is 7.01. The summed E-state index contributed by atoms with van der Waals surface area (Å²) in [4.78, 5) is 10.5. The van der Waals surface area contributed by atoms with Crippen LogP contribution >= 0.6 is 15.9 Å². The van der Waals surface area contributed by atoms with Crippen molar-refractivity contribution in [3.8, 4) is 17.6 Å². The molecule has 0 aromatic heterocycles. The quantitative estimate of drug-likeness (QED) is 0.0980. The minimum absolute atomic E-state index is 0.0223. The first-order valence-corrected chi connectivity index (χ1v) is 12.9. The number of phenols is 1. The number of azo groups is 1. The van der Waals surface area contributed by atoms with Gasteiger partial charge in [-0.1, -0.05) is 76.1 Å². The number of unbranched alkanes of at least 4 members (excludes halogenated alkanes) is 7. The zero-order chi connectivity index (χ0) is 25.9. The largest absolute Gasteiger partial charge is 0.504 e. The number of nitriles is 1. The first-order valence-electron chi connectivity index (χ1n) is 12.1. The Bertz CT molecular complexity index is 1290. The molecule has 0 amide bonds. The number of phenolic OH excluding ortho intramolecular Hbond substituents is 1. The Morgan fingerprint density at radius 3 is 2.36 bits per heavy atom. The molecule has 0 radical (unpaired) electrons. The number of fused-ring (bicyclic) bond motifs is 1. The molecule has 0 saturated carbocycles. The van der Waals surface area contributed by atoms with Gasteiger partial charge in [0.25, 0.3) is 5.69 Å². The third-order valence-corrected chi connectivity index (χ3v) is 6.46. The van der Waals surface area contributed by atoms with E-state index < -0.39 is 4.92 Å². The molecule has 0 atom stereocenters. The molecule has 0 bridgehead atoms. The Morgan fingerprint density at radius 1 is 1.03 bits per heavy atom. The number of hydrogen-bond donors (Lipinski definition) is 1. The highest BCUT2D eigenvalue weighted by Crippen LogP contribution is 2.42. The van der Waals surface area contributed by atoms with Gasteiger partial charge in [-0.05, 0) is 22.4 Å². The molecule has 0 aliphatic heterocycles. The number of non-ortho nitro benzene ring substituents is 1. The van der Waals surface area contributed by atoms with E-state index in [-0.39, 0.29) is 27.2 Å². The fourth-order valence-corrected chi connectivity index (χ4v) is 4.44. The zero-order valence-electron chi connectivity index (χ0n) is 20.2. The molecule has 1 N–H and O–H groups in total. The standard InChI is InChI=1S/C27H29BrN4O4/c1-2-3-4-5-6-7-8-11-14-36-25-17-24(21-12-9-10-13-22(21)27(25)33)30-31-26-19(18-29)15-20(32(34)35)16-23(26)28/h9-10,12-13,15-17,33H,2-8,11,14H2,1H3. The Morgan fingerprint density at radius 2 is 1.69 bits per heavy atom. The van der Waals surface area contributed by atoms with Gasteiger partial charge in [0.1, 0.15) is 11.8 Å². The molecular formula is C27H29BrN4O4. The van der Waals surface area contributed by atoms with Crippen molar-refractivity contribution in [2.75, 3.05) is 6.61 Å². The molecule has 0 aliphatic carbocycles. The van der Waals surface area contributed by atoms with Gasteiger partial charge in [0.2, 0.25) is 0 Å². The summed E-state index contributed by atoms with van der Waals surface area (Å²) in [6.07, 6.45) is 9.46. The molecular weight excluding hydrogens is 524 g/mol. The molecule has 36 heavy (non-hydrogen) atoms. The van der Waals surface area contributed by atoms with Gasteiger partial charge >= 0.3 is 0 Å². The van der Waals surface area contributed by atoms with Gasteiger partial charge in [0.05, 0.1) is 27.3 Å². The maximum atomic E-state index is 11.1. The summed E-state index contributed by atoms with van der Waals surface area (Å²) in [6.45, 7) is 2.69. The van der Waals surface area contributed by atoms with Crippen molar-refractivity contribution in [2.45, 2.75) is 58.3 Å². The number of halogens is 1. The minimum Gasteiger partial charge on any atom is -0.504 e. The molecule has 8 nitrogen and oxygen atoms in total. The Balaban J connectivity index is 1.79. The maximum absolute atomic E-state index is 11.1. The molecule has 3 aromatic rings. The number of benzene rings is 3. The van der Waals surface area contributed by atoms with Crippen molar-refractivity contribution in [2.24, 2.45) is 10.2 Å². The number of nitro groups is 1. The van der Waals surface area contributed by atoms with Crippen LogP contribution in [-0.4, -0.2) is 16.6 Å². The van der Waals surface area contributed by atoms with Crippen LogP contribution in [0, 0.1) is 21.4 Å². The number of nitro benzene ring substituents is 1. The number of hydrogen-bond acceptors (Lipinski definition) is 7. The molecule has 188 valence electrons. The first-order chi connectivity index (χ1) is 17.5. The van der Waals surface area contributed by atoms with Gasteiger partial charge in [-0.3, -0.25) is 10.1 Å². The van der Waals surface area contributed by atoms with E-state index in [0.717, 1.165) is 18.9 Å². The summed E-state index contributed by atoms with van der Waals surface area (Å²) in [5.74, 6) is 0.354. The molecule has 9 heteroatoms. The van der Waals surface area contributed by atoms with Crippen LogP contribution in [0.3, 0.4) is 0 Å². The van der Waals surface area contributed by atoms with Crippen LogP contribution in [0.2, 0.25) is 0 Å². The summed E-state index contributed by atoms with van der Waals surface area (Å²) < 4.78 is 6.19. The fraction of sp³-hybridized carbons (Fsp3) is 0.370. The van der Waals surface area contributed by atoms with Crippen LogP contribution in [0.25, 0.3) is 10.8 Å². The zero-order valence-corrected chi connectivity index (χ0v) is 21.8. The van der Waals surface area contributed by atoms with Crippen molar-refractivity contribution in [3.05, 3.63) is 62.6 Å². The number of rotatable bonds is 13. The van der Waals surface area contributed by atoms with Crippen molar-refractivity contribution >= 4 is 43.8 Å². The van der Waals surface area contributed by atoms with Gasteiger partial charge in [-0.15, -0.1) is 10.2 Å². The summed E-state index contributed by atoms with van der Waals surface area (Å²) in [5.41, 5.74) is 0.434. The Labute approximate surface area is 218 Å². The molecule has 3 rings (SSSR count). The van der Waals surface area contributed by atoms with E-state index in [1.807, 2.05) is 24.3 Å². The molecule has 0 spiro atoms. The fourth-order valence-electron chi connectivity index (χ4n) is 3.91. The lowest BCUT2D eigenvalue weighted by molar-refractivity contribution is -0.384. The summed E-state index contributed by atoms with van der Waals surface area (Å²) in [5, 5.41) is 41.1. The highest BCUT2D eigenvalue weighted by Gasteiger charge is 2.16. The molecule has 3 aromatic carbocycles. The van der Waals surface area contributed by atoms with Gasteiger partial charge in [-0.25, -0.2) is 0 Å². The van der Waals surface area contributed by atoms with Crippen LogP contribution < -0.4 is 4.74 Å². The van der Waals surface area contributed by atoms with E-state index in [0.29, 0.717) is 28.8 Å². The van der Waals surface area contributed by atoms with Gasteiger partial charge in [0.15, 0.2) is 11.5 Å². The van der Waals surface area contributed by atoms with E-state index in [2.05, 4.69) is 33.1 Å². The third-order valence-electron chi connectivity index (χ3n) is 5.85. The van der Waals surface area contributed by atoms with Crippen molar-refractivity contribution < 1.29 is 14.8 Å². The highest BCUT2D eigenvalue weighted by atomic mass is 79.9. The minimum atomic E-state index is -0.573. The average molecular weight is 553 g/mol. The number of ether oxygens (including phenoxy) is 1. The molecule has 0 unspecified atom stereocenters. The second-order valence-corrected chi connectivity index (χ2v) is 9.36. The van der Waals surface area contributed by atoms with E-state index in [1.54, 1.807) is 12.1 Å². The number of nitrogens with zero attached hydrogens (tertiary/aromatic N) is 4. The van der Waals surface area contributed by atoms with Gasteiger partial charge in [-0.2, -0.15) is 5.26 Å². The second kappa shape index (κ2) is 13.5. The Hall–Kier alpha value is -3.51. The van der Waals surface area contributed by atoms with Crippen LogP contribution in [-0.2, 0) is 0 Å². The predicted molar refractivity (Wildman–Crippen MR) is 143 cm³/mol. The SMILES string of the molecule is CCCCCCCCCCOc1cc(N=Nc2c(Br)cc([N+](=O)[O-])cc2C#N)c2ccccc2c1O. The lowest BCUT2D eigenvalue weighted by Gasteiger charge is -2.12. The van der Waals surface area contributed by atoms with Crippen molar-refractivity contribution in [3.63, 3.8) is 0 Å². The van der Waals surface area contributed by atoms with Crippen LogP contribution in [0.1, 0.15) is 63.9 Å². The second-order valence-electron chi connectivity index (χ2n) is 8.50. The van der Waals surface area contributed by atoms with E-state index >= 15 is 0 Å². The average Bonchev–Trinajstić information content (AvgIpc) is 2.88. The van der Waals surface area contributed by atoms with E-state index in [9.17, 15) is 20.5 Å². The van der Waals surface area contributed by atoms with Crippen molar-refractivity contribution in [1.29, 1.82) is 5.26 Å². The monoisotopic (exact) mass is 552 g/mol. The van der Waals surface area contributed by atoms with Crippen LogP contribution in [0.15, 0.2) is 57.2 Å². The highest BCUT2D eigenvalue weighted by molar-refractivity contribution is 9.10. The van der Waals surface area contributed by atoms with Crippen molar-refractivity contribution in [1.82, 2.24) is 0 Å². The summed E-state index contributed by atoms with van der Waals surface area (Å²) in [6, 6.07) is 13.2. The lowest BCUT2D eigenvalue weighted by Crippen LogP contribution is -1.98. The normalized spacial score (nSPS) is 11.1. The van der Waals surface area contributed by atoms with Crippen LogP contribution in [0.5, 0.6) is 11.5 Å². The molecule has 0 fully saturated rings. The van der Waals surface area contributed by atoms with E-state index in [4.69, 9.17) is 4.74 Å². The predicted octanol–water partition coefficient (Wildman–Crippen LogP) is 9.02. The van der Waals surface area contributed by atoms with Gasteiger partial charge in [0, 0.05) is 29.0 Å². The smallest absolute Gasteiger partial charge is 0.272 e. The first kappa shape index (κ1) is 27.1. The summed E-state index contributed by atoms with van der Waals surface area (Å²) >= 11 is 3.25. The number of aromatic hydroxyl groups is 1. The van der Waals surface area contributed by atoms with Gasteiger partial charge < -0.3 is 9.84 Å². The molecule has 0 aliphatic rings. The van der Waals surface area contributed by atoms with Crippen LogP contribution in [0.4, 0.5) is 17.1 Å².